The predicted octanol–water partition coefficient (Wildman–Crippen LogP) is 2.51. The van der Waals surface area contributed by atoms with Gasteiger partial charge in [-0.25, -0.2) is 9.97 Å². The van der Waals surface area contributed by atoms with Gasteiger partial charge in [-0.1, -0.05) is 18.5 Å². The van der Waals surface area contributed by atoms with Crippen molar-refractivity contribution < 1.29 is 4.74 Å². The Kier molecular flexibility index (Phi) is 4.96. The van der Waals surface area contributed by atoms with Gasteiger partial charge in [0, 0.05) is 26.3 Å². The molecule has 1 rings (SSSR count). The summed E-state index contributed by atoms with van der Waals surface area (Å²) in [4.78, 5) is 10.6. The summed E-state index contributed by atoms with van der Waals surface area (Å²) in [6.07, 6.45) is 1.05. The summed E-state index contributed by atoms with van der Waals surface area (Å²) in [5, 5.41) is 0.451. The summed E-state index contributed by atoms with van der Waals surface area (Å²) in [5.41, 5.74) is 0. The zero-order valence-electron chi connectivity index (χ0n) is 10.2. The Morgan fingerprint density at radius 2 is 2.19 bits per heavy atom. The molecule has 1 unspecified atom stereocenters. The van der Waals surface area contributed by atoms with Crippen LogP contribution in [0, 0.1) is 0 Å². The first-order valence-electron chi connectivity index (χ1n) is 5.33. The average molecular weight is 244 g/mol. The van der Waals surface area contributed by atoms with E-state index in [2.05, 4.69) is 28.7 Å². The van der Waals surface area contributed by atoms with E-state index in [1.807, 2.05) is 7.05 Å². The van der Waals surface area contributed by atoms with Crippen LogP contribution in [0.15, 0.2) is 6.07 Å². The third-order valence-electron chi connectivity index (χ3n) is 2.61. The molecule has 1 aromatic heterocycles. The predicted molar refractivity (Wildman–Crippen MR) is 65.9 cm³/mol. The van der Waals surface area contributed by atoms with Gasteiger partial charge in [-0.15, -0.1) is 0 Å². The van der Waals surface area contributed by atoms with Gasteiger partial charge >= 0.3 is 0 Å². The fourth-order valence-corrected chi connectivity index (χ4v) is 1.52. The Morgan fingerprint density at radius 1 is 1.50 bits per heavy atom. The molecule has 5 heteroatoms. The van der Waals surface area contributed by atoms with Crippen LogP contribution in [0.3, 0.4) is 0 Å². The monoisotopic (exact) mass is 243 g/mol. The SMILES string of the molecule is CCC(C)N(C)c1cc(Cl)nc(COC)n1. The lowest BCUT2D eigenvalue weighted by Crippen LogP contribution is -2.29. The molecule has 1 atom stereocenters. The molecule has 0 radical (unpaired) electrons. The second-order valence-corrected chi connectivity index (χ2v) is 4.15. The summed E-state index contributed by atoms with van der Waals surface area (Å²) in [5.74, 6) is 1.45. The van der Waals surface area contributed by atoms with Crippen molar-refractivity contribution in [1.29, 1.82) is 0 Å². The minimum absolute atomic E-state index is 0.377. The van der Waals surface area contributed by atoms with Crippen LogP contribution in [0.25, 0.3) is 0 Å². The molecule has 0 saturated heterocycles. The molecule has 0 fully saturated rings. The molecule has 1 heterocycles. The van der Waals surface area contributed by atoms with Crippen LogP contribution in [-0.4, -0.2) is 30.2 Å². The summed E-state index contributed by atoms with van der Waals surface area (Å²) < 4.78 is 5.00. The zero-order valence-corrected chi connectivity index (χ0v) is 11.0. The summed E-state index contributed by atoms with van der Waals surface area (Å²) in [7, 11) is 3.62. The topological polar surface area (TPSA) is 38.2 Å². The first-order chi connectivity index (χ1) is 7.58. The number of ether oxygens (including phenoxy) is 1. The summed E-state index contributed by atoms with van der Waals surface area (Å²) in [6.45, 7) is 4.66. The van der Waals surface area contributed by atoms with Gasteiger partial charge in [-0.2, -0.15) is 0 Å². The minimum Gasteiger partial charge on any atom is -0.377 e. The van der Waals surface area contributed by atoms with E-state index < -0.39 is 0 Å². The fraction of sp³-hybridized carbons (Fsp3) is 0.636. The van der Waals surface area contributed by atoms with Crippen LogP contribution in [0.1, 0.15) is 26.1 Å². The summed E-state index contributed by atoms with van der Waals surface area (Å²) in [6, 6.07) is 2.19. The average Bonchev–Trinajstić information content (AvgIpc) is 2.26. The molecule has 0 N–H and O–H groups in total. The molecule has 0 bridgehead atoms. The molecule has 0 aromatic carbocycles. The Balaban J connectivity index is 2.94. The number of aromatic nitrogens is 2. The van der Waals surface area contributed by atoms with Crippen molar-refractivity contribution in [2.24, 2.45) is 0 Å². The van der Waals surface area contributed by atoms with Crippen molar-refractivity contribution in [3.8, 4) is 0 Å². The van der Waals surface area contributed by atoms with Gasteiger partial charge in [0.15, 0.2) is 5.82 Å². The standard InChI is InChI=1S/C11H18ClN3O/c1-5-8(2)15(3)11-6-9(12)13-10(14-11)7-16-4/h6,8H,5,7H2,1-4H3. The van der Waals surface area contributed by atoms with E-state index in [-0.39, 0.29) is 0 Å². The van der Waals surface area contributed by atoms with E-state index in [4.69, 9.17) is 16.3 Å². The van der Waals surface area contributed by atoms with Crippen LogP contribution in [0.5, 0.6) is 0 Å². The maximum atomic E-state index is 5.94. The van der Waals surface area contributed by atoms with Crippen LogP contribution in [-0.2, 0) is 11.3 Å². The third-order valence-corrected chi connectivity index (χ3v) is 2.81. The maximum absolute atomic E-state index is 5.94. The van der Waals surface area contributed by atoms with E-state index in [0.717, 1.165) is 12.2 Å². The van der Waals surface area contributed by atoms with Crippen LogP contribution in [0.4, 0.5) is 5.82 Å². The molecule has 0 aliphatic rings. The Bertz CT molecular complexity index is 346. The molecular formula is C11H18ClN3O. The first kappa shape index (κ1) is 13.2. The Labute approximate surface area is 102 Å². The minimum atomic E-state index is 0.377. The molecule has 4 nitrogen and oxygen atoms in total. The molecule has 0 amide bonds. The van der Waals surface area contributed by atoms with Crippen molar-refractivity contribution in [2.45, 2.75) is 32.9 Å². The number of nitrogens with zero attached hydrogens (tertiary/aromatic N) is 3. The van der Waals surface area contributed by atoms with Crippen molar-refractivity contribution in [3.63, 3.8) is 0 Å². The van der Waals surface area contributed by atoms with Crippen molar-refractivity contribution in [2.75, 3.05) is 19.1 Å². The number of halogens is 1. The molecule has 0 aliphatic carbocycles. The molecule has 16 heavy (non-hydrogen) atoms. The first-order valence-corrected chi connectivity index (χ1v) is 5.71. The van der Waals surface area contributed by atoms with Gasteiger partial charge in [0.05, 0.1) is 0 Å². The van der Waals surface area contributed by atoms with Gasteiger partial charge in [-0.3, -0.25) is 0 Å². The highest BCUT2D eigenvalue weighted by molar-refractivity contribution is 6.29. The van der Waals surface area contributed by atoms with E-state index in [9.17, 15) is 0 Å². The normalized spacial score (nSPS) is 12.6. The van der Waals surface area contributed by atoms with Crippen molar-refractivity contribution >= 4 is 17.4 Å². The highest BCUT2D eigenvalue weighted by Gasteiger charge is 2.11. The highest BCUT2D eigenvalue weighted by Crippen LogP contribution is 2.18. The van der Waals surface area contributed by atoms with E-state index in [1.54, 1.807) is 13.2 Å². The van der Waals surface area contributed by atoms with Crippen molar-refractivity contribution in [3.05, 3.63) is 17.0 Å². The Morgan fingerprint density at radius 3 is 2.75 bits per heavy atom. The van der Waals surface area contributed by atoms with Gasteiger partial charge in [0.1, 0.15) is 17.6 Å². The molecule has 0 spiro atoms. The Hall–Kier alpha value is -0.870. The lowest BCUT2D eigenvalue weighted by Gasteiger charge is -2.25. The molecule has 1 aromatic rings. The quantitative estimate of drug-likeness (QED) is 0.745. The van der Waals surface area contributed by atoms with Crippen molar-refractivity contribution in [1.82, 2.24) is 9.97 Å². The molecule has 0 saturated carbocycles. The smallest absolute Gasteiger partial charge is 0.158 e. The fourth-order valence-electron chi connectivity index (χ4n) is 1.33. The molecule has 0 aliphatic heterocycles. The second-order valence-electron chi connectivity index (χ2n) is 3.77. The van der Waals surface area contributed by atoms with Gasteiger partial charge < -0.3 is 9.64 Å². The lowest BCUT2D eigenvalue weighted by atomic mass is 10.2. The molecule has 90 valence electrons. The van der Waals surface area contributed by atoms with Gasteiger partial charge in [-0.05, 0) is 13.3 Å². The number of anilines is 1. The summed E-state index contributed by atoms with van der Waals surface area (Å²) >= 11 is 5.94. The van der Waals surface area contributed by atoms with Crippen LogP contribution < -0.4 is 4.90 Å². The van der Waals surface area contributed by atoms with E-state index in [1.165, 1.54) is 0 Å². The van der Waals surface area contributed by atoms with E-state index >= 15 is 0 Å². The van der Waals surface area contributed by atoms with Crippen LogP contribution >= 0.6 is 11.6 Å². The highest BCUT2D eigenvalue weighted by atomic mass is 35.5. The number of rotatable bonds is 5. The zero-order chi connectivity index (χ0) is 12.1. The van der Waals surface area contributed by atoms with Gasteiger partial charge in [0.25, 0.3) is 0 Å². The number of hydrogen-bond donors (Lipinski definition) is 0. The second kappa shape index (κ2) is 6.01. The van der Waals surface area contributed by atoms with Gasteiger partial charge in [0.2, 0.25) is 0 Å². The van der Waals surface area contributed by atoms with Crippen LogP contribution in [0.2, 0.25) is 5.15 Å². The lowest BCUT2D eigenvalue weighted by molar-refractivity contribution is 0.178. The largest absolute Gasteiger partial charge is 0.377 e. The number of methoxy groups -OCH3 is 1. The number of hydrogen-bond acceptors (Lipinski definition) is 4. The third kappa shape index (κ3) is 3.32. The maximum Gasteiger partial charge on any atom is 0.158 e. The molecular weight excluding hydrogens is 226 g/mol. The van der Waals surface area contributed by atoms with E-state index in [0.29, 0.717) is 23.6 Å².